The second-order valence-electron chi connectivity index (χ2n) is 4.33. The monoisotopic (exact) mass is 285 g/mol. The molecule has 4 heteroatoms. The van der Waals surface area contributed by atoms with Crippen molar-refractivity contribution in [2.24, 2.45) is 0 Å². The van der Waals surface area contributed by atoms with E-state index >= 15 is 0 Å². The van der Waals surface area contributed by atoms with Crippen LogP contribution in [-0.4, -0.2) is 5.78 Å². The minimum atomic E-state index is -0.397. The zero-order chi connectivity index (χ0) is 14.5. The molecule has 0 aliphatic heterocycles. The second-order valence-corrected chi connectivity index (χ2v) is 5.38. The van der Waals surface area contributed by atoms with Crippen LogP contribution >= 0.6 is 11.8 Å². The van der Waals surface area contributed by atoms with Crippen LogP contribution in [-0.2, 0) is 5.75 Å². The van der Waals surface area contributed by atoms with Crippen LogP contribution in [0.3, 0.4) is 0 Å². The third-order valence-corrected chi connectivity index (χ3v) is 3.84. The number of benzene rings is 2. The maximum absolute atomic E-state index is 13.3. The fraction of sp³-hybridized carbons (Fsp3) is 0.125. The van der Waals surface area contributed by atoms with Crippen LogP contribution in [0, 0.1) is 17.1 Å². The number of hydrogen-bond acceptors (Lipinski definition) is 3. The number of carbonyl (C=O) groups excluding carboxylic acids is 1. The van der Waals surface area contributed by atoms with Gasteiger partial charge in [-0.05, 0) is 42.8 Å². The van der Waals surface area contributed by atoms with Crippen LogP contribution in [0.5, 0.6) is 0 Å². The molecule has 2 aromatic rings. The molecule has 0 aromatic heterocycles. The predicted octanol–water partition coefficient (Wildman–Crippen LogP) is 4.19. The van der Waals surface area contributed by atoms with E-state index in [9.17, 15) is 9.18 Å². The van der Waals surface area contributed by atoms with E-state index < -0.39 is 5.82 Å². The van der Waals surface area contributed by atoms with Crippen molar-refractivity contribution in [3.63, 3.8) is 0 Å². The summed E-state index contributed by atoms with van der Waals surface area (Å²) in [5, 5.41) is 8.80. The Morgan fingerprint density at radius 1 is 1.25 bits per heavy atom. The molecule has 0 aliphatic carbocycles. The highest BCUT2D eigenvalue weighted by Crippen LogP contribution is 2.24. The van der Waals surface area contributed by atoms with Gasteiger partial charge in [0.2, 0.25) is 0 Å². The third kappa shape index (κ3) is 3.69. The zero-order valence-corrected chi connectivity index (χ0v) is 11.7. The van der Waals surface area contributed by atoms with Crippen molar-refractivity contribution in [1.29, 1.82) is 5.26 Å². The standard InChI is InChI=1S/C16H12FNOS/c1-11(19)14-2-4-16(5-3-14)20-10-13-6-12(9-18)7-15(17)8-13/h2-8H,10H2,1H3. The van der Waals surface area contributed by atoms with E-state index in [4.69, 9.17) is 5.26 Å². The highest BCUT2D eigenvalue weighted by molar-refractivity contribution is 7.98. The number of ketones is 1. The maximum atomic E-state index is 13.3. The topological polar surface area (TPSA) is 40.9 Å². The third-order valence-electron chi connectivity index (χ3n) is 2.75. The van der Waals surface area contributed by atoms with Crippen molar-refractivity contribution < 1.29 is 9.18 Å². The Bertz CT molecular complexity index is 674. The van der Waals surface area contributed by atoms with Crippen LogP contribution in [0.15, 0.2) is 47.4 Å². The zero-order valence-electron chi connectivity index (χ0n) is 10.9. The molecule has 0 atom stereocenters. The molecule has 0 spiro atoms. The SMILES string of the molecule is CC(=O)c1ccc(SCc2cc(F)cc(C#N)c2)cc1. The van der Waals surface area contributed by atoms with Crippen LogP contribution in [0.25, 0.3) is 0 Å². The number of thioether (sulfide) groups is 1. The summed E-state index contributed by atoms with van der Waals surface area (Å²) < 4.78 is 13.3. The van der Waals surface area contributed by atoms with Crippen molar-refractivity contribution >= 4 is 17.5 Å². The van der Waals surface area contributed by atoms with Gasteiger partial charge in [0, 0.05) is 16.2 Å². The van der Waals surface area contributed by atoms with Crippen molar-refractivity contribution in [2.45, 2.75) is 17.6 Å². The van der Waals surface area contributed by atoms with Crippen molar-refractivity contribution in [3.05, 3.63) is 65.0 Å². The van der Waals surface area contributed by atoms with Gasteiger partial charge in [-0.15, -0.1) is 11.8 Å². The number of hydrogen-bond donors (Lipinski definition) is 0. The van der Waals surface area contributed by atoms with Gasteiger partial charge in [-0.2, -0.15) is 5.26 Å². The average molecular weight is 285 g/mol. The minimum absolute atomic E-state index is 0.0327. The van der Waals surface area contributed by atoms with Crippen molar-refractivity contribution in [3.8, 4) is 6.07 Å². The number of carbonyl (C=O) groups is 1. The Balaban J connectivity index is 2.07. The average Bonchev–Trinajstić information content (AvgIpc) is 2.45. The van der Waals surface area contributed by atoms with Gasteiger partial charge >= 0.3 is 0 Å². The van der Waals surface area contributed by atoms with E-state index in [0.29, 0.717) is 16.9 Å². The van der Waals surface area contributed by atoms with Gasteiger partial charge in [-0.3, -0.25) is 4.79 Å². The first-order valence-electron chi connectivity index (χ1n) is 6.02. The number of nitriles is 1. The maximum Gasteiger partial charge on any atom is 0.159 e. The van der Waals surface area contributed by atoms with Gasteiger partial charge in [-0.25, -0.2) is 4.39 Å². The van der Waals surface area contributed by atoms with E-state index in [0.717, 1.165) is 10.5 Å². The van der Waals surface area contributed by atoms with Gasteiger partial charge in [-0.1, -0.05) is 12.1 Å². The summed E-state index contributed by atoms with van der Waals surface area (Å²) in [5.41, 5.74) is 1.77. The summed E-state index contributed by atoms with van der Waals surface area (Å²) in [6.07, 6.45) is 0. The van der Waals surface area contributed by atoms with E-state index in [1.807, 2.05) is 18.2 Å². The molecule has 100 valence electrons. The molecular formula is C16H12FNOS. The summed E-state index contributed by atoms with van der Waals surface area (Å²) in [6.45, 7) is 1.53. The lowest BCUT2D eigenvalue weighted by Crippen LogP contribution is -1.90. The fourth-order valence-corrected chi connectivity index (χ4v) is 2.58. The summed E-state index contributed by atoms with van der Waals surface area (Å²) >= 11 is 1.53. The molecule has 0 unspecified atom stereocenters. The van der Waals surface area contributed by atoms with Crippen molar-refractivity contribution in [1.82, 2.24) is 0 Å². The number of rotatable bonds is 4. The summed E-state index contributed by atoms with van der Waals surface area (Å²) in [5.74, 6) is 0.211. The number of halogens is 1. The smallest absolute Gasteiger partial charge is 0.159 e. The molecule has 0 N–H and O–H groups in total. The first-order valence-corrected chi connectivity index (χ1v) is 7.00. The molecule has 0 saturated carbocycles. The minimum Gasteiger partial charge on any atom is -0.295 e. The Labute approximate surface area is 121 Å². The highest BCUT2D eigenvalue weighted by Gasteiger charge is 2.03. The summed E-state index contributed by atoms with van der Waals surface area (Å²) in [7, 11) is 0. The molecule has 2 aromatic carbocycles. The molecule has 0 heterocycles. The first-order chi connectivity index (χ1) is 9.58. The Morgan fingerprint density at radius 3 is 2.55 bits per heavy atom. The van der Waals surface area contributed by atoms with Crippen molar-refractivity contribution in [2.75, 3.05) is 0 Å². The lowest BCUT2D eigenvalue weighted by Gasteiger charge is -2.04. The molecule has 20 heavy (non-hydrogen) atoms. The van der Waals surface area contributed by atoms with Crippen LogP contribution in [0.2, 0.25) is 0 Å². The first kappa shape index (κ1) is 14.3. The second kappa shape index (κ2) is 6.36. The lowest BCUT2D eigenvalue weighted by atomic mass is 10.1. The Kier molecular flexibility index (Phi) is 4.54. The molecule has 0 fully saturated rings. The van der Waals surface area contributed by atoms with E-state index in [1.165, 1.54) is 30.8 Å². The normalized spacial score (nSPS) is 10.1. The van der Waals surface area contributed by atoms with Crippen LogP contribution in [0.1, 0.15) is 28.4 Å². The Hall–Kier alpha value is -2.12. The quantitative estimate of drug-likeness (QED) is 0.624. The highest BCUT2D eigenvalue weighted by atomic mass is 32.2. The van der Waals surface area contributed by atoms with Gasteiger partial charge in [0.15, 0.2) is 5.78 Å². The number of nitrogens with zero attached hydrogens (tertiary/aromatic N) is 1. The molecule has 0 bridgehead atoms. The molecule has 0 amide bonds. The van der Waals surface area contributed by atoms with Gasteiger partial charge in [0.25, 0.3) is 0 Å². The van der Waals surface area contributed by atoms with Gasteiger partial charge in [0.05, 0.1) is 11.6 Å². The Morgan fingerprint density at radius 2 is 1.95 bits per heavy atom. The summed E-state index contributed by atoms with van der Waals surface area (Å²) in [6, 6.07) is 13.5. The van der Waals surface area contributed by atoms with E-state index in [2.05, 4.69) is 0 Å². The van der Waals surface area contributed by atoms with Crippen LogP contribution in [0.4, 0.5) is 4.39 Å². The molecule has 0 aliphatic rings. The van der Waals surface area contributed by atoms with E-state index in [1.54, 1.807) is 18.2 Å². The fourth-order valence-electron chi connectivity index (χ4n) is 1.75. The lowest BCUT2D eigenvalue weighted by molar-refractivity contribution is 0.101. The van der Waals surface area contributed by atoms with Crippen LogP contribution < -0.4 is 0 Å². The largest absolute Gasteiger partial charge is 0.295 e. The predicted molar refractivity (Wildman–Crippen MR) is 77.1 cm³/mol. The number of Topliss-reactive ketones (excluding diaryl/α,β-unsaturated/α-hetero) is 1. The molecular weight excluding hydrogens is 273 g/mol. The summed E-state index contributed by atoms with van der Waals surface area (Å²) in [4.78, 5) is 12.2. The van der Waals surface area contributed by atoms with Gasteiger partial charge in [0.1, 0.15) is 5.82 Å². The molecule has 0 radical (unpaired) electrons. The molecule has 0 saturated heterocycles. The van der Waals surface area contributed by atoms with Gasteiger partial charge < -0.3 is 0 Å². The molecule has 2 nitrogen and oxygen atoms in total. The molecule has 2 rings (SSSR count). The van der Waals surface area contributed by atoms with E-state index in [-0.39, 0.29) is 5.78 Å².